The lowest BCUT2D eigenvalue weighted by Gasteiger charge is -2.35. The fourth-order valence-electron chi connectivity index (χ4n) is 5.37. The Kier molecular flexibility index (Phi) is 8.12. The maximum atomic E-state index is 10.4. The first-order valence-corrected chi connectivity index (χ1v) is 12.4. The molecule has 2 aromatic carbocycles. The van der Waals surface area contributed by atoms with E-state index in [1.54, 1.807) is 0 Å². The zero-order chi connectivity index (χ0) is 22.5. The van der Waals surface area contributed by atoms with Gasteiger partial charge >= 0.3 is 0 Å². The van der Waals surface area contributed by atoms with Crippen LogP contribution < -0.4 is 4.74 Å². The number of aliphatic hydroxyl groups is 1. The van der Waals surface area contributed by atoms with Gasteiger partial charge in [-0.25, -0.2) is 0 Å². The number of benzene rings is 2. The van der Waals surface area contributed by atoms with Crippen molar-refractivity contribution in [1.29, 1.82) is 0 Å². The summed E-state index contributed by atoms with van der Waals surface area (Å²) in [6.07, 6.45) is 5.15. The zero-order valence-electron chi connectivity index (χ0n) is 19.4. The quantitative estimate of drug-likeness (QED) is 0.593. The SMILES string of the molecule is CN(C)C1CCN(CC(c2ccc(OCc3ccccc3)c(Cl)c2)C2CCCC(O)C2)C1. The predicted molar refractivity (Wildman–Crippen MR) is 131 cm³/mol. The van der Waals surface area contributed by atoms with Crippen LogP contribution in [0.25, 0.3) is 0 Å². The van der Waals surface area contributed by atoms with Gasteiger partial charge in [-0.2, -0.15) is 0 Å². The van der Waals surface area contributed by atoms with E-state index in [4.69, 9.17) is 16.3 Å². The van der Waals surface area contributed by atoms with Crippen LogP contribution >= 0.6 is 11.6 Å². The zero-order valence-corrected chi connectivity index (χ0v) is 20.2. The molecule has 1 aliphatic carbocycles. The van der Waals surface area contributed by atoms with Crippen molar-refractivity contribution in [2.45, 2.75) is 56.8 Å². The van der Waals surface area contributed by atoms with Crippen molar-refractivity contribution in [3.05, 3.63) is 64.7 Å². The fraction of sp³-hybridized carbons (Fsp3) is 0.556. The van der Waals surface area contributed by atoms with Crippen LogP contribution in [-0.2, 0) is 6.61 Å². The number of nitrogens with zero attached hydrogens (tertiary/aromatic N) is 2. The van der Waals surface area contributed by atoms with Crippen LogP contribution in [0.4, 0.5) is 0 Å². The van der Waals surface area contributed by atoms with Gasteiger partial charge in [-0.15, -0.1) is 0 Å². The minimum Gasteiger partial charge on any atom is -0.487 e. The lowest BCUT2D eigenvalue weighted by atomic mass is 9.75. The maximum absolute atomic E-state index is 10.4. The second kappa shape index (κ2) is 11.0. The van der Waals surface area contributed by atoms with E-state index in [2.05, 4.69) is 48.2 Å². The van der Waals surface area contributed by atoms with Crippen molar-refractivity contribution in [3.63, 3.8) is 0 Å². The highest BCUT2D eigenvalue weighted by atomic mass is 35.5. The lowest BCUT2D eigenvalue weighted by molar-refractivity contribution is 0.0855. The summed E-state index contributed by atoms with van der Waals surface area (Å²) in [4.78, 5) is 4.94. The molecule has 2 aliphatic rings. The van der Waals surface area contributed by atoms with Crippen molar-refractivity contribution in [3.8, 4) is 5.75 Å². The van der Waals surface area contributed by atoms with E-state index < -0.39 is 0 Å². The summed E-state index contributed by atoms with van der Waals surface area (Å²) in [5.74, 6) is 1.60. The monoisotopic (exact) mass is 456 g/mol. The van der Waals surface area contributed by atoms with E-state index in [0.29, 0.717) is 29.5 Å². The van der Waals surface area contributed by atoms with Crippen molar-refractivity contribution in [2.24, 2.45) is 5.92 Å². The van der Waals surface area contributed by atoms with Gasteiger partial charge in [0, 0.05) is 19.1 Å². The number of aliphatic hydroxyl groups excluding tert-OH is 1. The highest BCUT2D eigenvalue weighted by Crippen LogP contribution is 2.39. The number of hydrogen-bond acceptors (Lipinski definition) is 4. The summed E-state index contributed by atoms with van der Waals surface area (Å²) in [5, 5.41) is 11.0. The van der Waals surface area contributed by atoms with Gasteiger partial charge < -0.3 is 19.6 Å². The van der Waals surface area contributed by atoms with Crippen LogP contribution in [0.5, 0.6) is 5.75 Å². The van der Waals surface area contributed by atoms with E-state index in [0.717, 1.165) is 50.2 Å². The van der Waals surface area contributed by atoms with Gasteiger partial charge in [0.05, 0.1) is 11.1 Å². The Bertz CT molecular complexity index is 860. The fourth-order valence-corrected chi connectivity index (χ4v) is 5.61. The molecule has 0 amide bonds. The molecule has 4 rings (SSSR count). The topological polar surface area (TPSA) is 35.9 Å². The summed E-state index contributed by atoms with van der Waals surface area (Å²) < 4.78 is 6.01. The molecule has 0 radical (unpaired) electrons. The summed E-state index contributed by atoms with van der Waals surface area (Å²) in [6, 6.07) is 17.1. The Morgan fingerprint density at radius 2 is 1.94 bits per heavy atom. The minimum atomic E-state index is -0.173. The van der Waals surface area contributed by atoms with E-state index in [1.807, 2.05) is 24.3 Å². The highest BCUT2D eigenvalue weighted by molar-refractivity contribution is 6.32. The Labute approximate surface area is 198 Å². The molecule has 5 heteroatoms. The van der Waals surface area contributed by atoms with Crippen molar-refractivity contribution >= 4 is 11.6 Å². The van der Waals surface area contributed by atoms with Crippen LogP contribution in [0.15, 0.2) is 48.5 Å². The number of rotatable bonds is 8. The molecule has 174 valence electrons. The summed E-state index contributed by atoms with van der Waals surface area (Å²) >= 11 is 6.69. The molecule has 4 unspecified atom stereocenters. The lowest BCUT2D eigenvalue weighted by Crippen LogP contribution is -2.36. The first-order valence-electron chi connectivity index (χ1n) is 12.0. The number of hydrogen-bond donors (Lipinski definition) is 1. The third-order valence-corrected chi connectivity index (χ3v) is 7.61. The third kappa shape index (κ3) is 6.05. The highest BCUT2D eigenvalue weighted by Gasteiger charge is 2.33. The smallest absolute Gasteiger partial charge is 0.138 e. The molecule has 0 spiro atoms. The molecule has 1 N–H and O–H groups in total. The second-order valence-electron chi connectivity index (χ2n) is 9.82. The molecule has 4 nitrogen and oxygen atoms in total. The molecule has 32 heavy (non-hydrogen) atoms. The molecule has 1 saturated heterocycles. The molecule has 1 heterocycles. The molecular weight excluding hydrogens is 420 g/mol. The van der Waals surface area contributed by atoms with Gasteiger partial charge in [0.25, 0.3) is 0 Å². The largest absolute Gasteiger partial charge is 0.487 e. The first kappa shape index (κ1) is 23.6. The van der Waals surface area contributed by atoms with Crippen LogP contribution in [-0.4, -0.2) is 60.8 Å². The van der Waals surface area contributed by atoms with Crippen molar-refractivity contribution in [2.75, 3.05) is 33.7 Å². The van der Waals surface area contributed by atoms with E-state index >= 15 is 0 Å². The second-order valence-corrected chi connectivity index (χ2v) is 10.2. The summed E-state index contributed by atoms with van der Waals surface area (Å²) in [6.45, 7) is 3.80. The third-order valence-electron chi connectivity index (χ3n) is 7.31. The van der Waals surface area contributed by atoms with Crippen molar-refractivity contribution < 1.29 is 9.84 Å². The normalized spacial score (nSPS) is 25.2. The summed E-state index contributed by atoms with van der Waals surface area (Å²) in [5.41, 5.74) is 2.40. The van der Waals surface area contributed by atoms with E-state index in [-0.39, 0.29) is 6.10 Å². The van der Waals surface area contributed by atoms with Crippen LogP contribution in [0.1, 0.15) is 49.1 Å². The molecule has 1 saturated carbocycles. The number of ether oxygens (including phenoxy) is 1. The molecule has 0 bridgehead atoms. The van der Waals surface area contributed by atoms with Gasteiger partial charge in [-0.1, -0.05) is 54.4 Å². The number of likely N-dealkylation sites (N-methyl/N-ethyl adjacent to an activating group) is 1. The molecule has 2 fully saturated rings. The first-order chi connectivity index (χ1) is 15.5. The van der Waals surface area contributed by atoms with Gasteiger partial charge in [0.15, 0.2) is 0 Å². The Hall–Kier alpha value is -1.59. The van der Waals surface area contributed by atoms with Crippen LogP contribution in [0.2, 0.25) is 5.02 Å². The van der Waals surface area contributed by atoms with Crippen LogP contribution in [0.3, 0.4) is 0 Å². The van der Waals surface area contributed by atoms with E-state index in [9.17, 15) is 5.11 Å². The standard InChI is InChI=1S/C27H37ClN2O2/c1-29(2)23-13-14-30(17-23)18-25(21-9-6-10-24(31)15-21)22-11-12-27(26(28)16-22)32-19-20-7-4-3-5-8-20/h3-5,7-8,11-12,16,21,23-25,31H,6,9-10,13-15,17-19H2,1-2H3. The Morgan fingerprint density at radius 3 is 2.62 bits per heavy atom. The predicted octanol–water partition coefficient (Wildman–Crippen LogP) is 5.19. The van der Waals surface area contributed by atoms with Gasteiger partial charge in [-0.05, 0) is 81.4 Å². The average Bonchev–Trinajstić information content (AvgIpc) is 3.26. The summed E-state index contributed by atoms with van der Waals surface area (Å²) in [7, 11) is 4.36. The Balaban J connectivity index is 1.49. The van der Waals surface area contributed by atoms with Gasteiger partial charge in [0.1, 0.15) is 12.4 Å². The Morgan fingerprint density at radius 1 is 1.12 bits per heavy atom. The molecule has 1 aliphatic heterocycles. The average molecular weight is 457 g/mol. The maximum Gasteiger partial charge on any atom is 0.138 e. The van der Waals surface area contributed by atoms with Crippen LogP contribution in [0, 0.1) is 5.92 Å². The van der Waals surface area contributed by atoms with Gasteiger partial charge in [-0.3, -0.25) is 0 Å². The number of likely N-dealkylation sites (tertiary alicyclic amines) is 1. The molecule has 4 atom stereocenters. The van der Waals surface area contributed by atoms with E-state index in [1.165, 1.54) is 18.4 Å². The molecule has 0 aromatic heterocycles. The molecular formula is C27H37ClN2O2. The minimum absolute atomic E-state index is 0.173. The van der Waals surface area contributed by atoms with Crippen molar-refractivity contribution in [1.82, 2.24) is 9.80 Å². The molecule has 2 aromatic rings. The van der Waals surface area contributed by atoms with Gasteiger partial charge in [0.2, 0.25) is 0 Å². The number of halogens is 1.